The fourth-order valence-electron chi connectivity index (χ4n) is 2.91. The number of nitrogens with one attached hydrogen (secondary N) is 1. The predicted octanol–water partition coefficient (Wildman–Crippen LogP) is 6.61. The van der Waals surface area contributed by atoms with E-state index in [0.29, 0.717) is 31.3 Å². The van der Waals surface area contributed by atoms with Gasteiger partial charge in [-0.15, -0.1) is 11.3 Å². The van der Waals surface area contributed by atoms with E-state index >= 15 is 0 Å². The number of fused-ring (bicyclic) bond motifs is 1. The molecule has 0 saturated heterocycles. The third-order valence-electron chi connectivity index (χ3n) is 4.49. The molecule has 1 heterocycles. The molecule has 10 heteroatoms. The van der Waals surface area contributed by atoms with Crippen molar-refractivity contribution < 1.29 is 19.1 Å². The number of thiophene rings is 1. The van der Waals surface area contributed by atoms with Crippen molar-refractivity contribution in [1.29, 1.82) is 0 Å². The number of rotatable bonds is 7. The zero-order valence-corrected chi connectivity index (χ0v) is 20.3. The number of hydrazone groups is 1. The quantitative estimate of drug-likeness (QED) is 0.125. The van der Waals surface area contributed by atoms with Crippen LogP contribution in [0.25, 0.3) is 10.1 Å². The van der Waals surface area contributed by atoms with Crippen molar-refractivity contribution >= 4 is 74.3 Å². The van der Waals surface area contributed by atoms with Crippen molar-refractivity contribution in [2.24, 2.45) is 5.10 Å². The van der Waals surface area contributed by atoms with Gasteiger partial charge < -0.3 is 9.47 Å². The third kappa shape index (κ3) is 5.69. The smallest absolute Gasteiger partial charge is 0.355 e. The molecule has 6 nitrogen and oxygen atoms in total. The molecule has 0 spiro atoms. The Hall–Kier alpha value is -3.10. The summed E-state index contributed by atoms with van der Waals surface area (Å²) in [5.41, 5.74) is 2.83. The van der Waals surface area contributed by atoms with Crippen LogP contribution in [-0.4, -0.2) is 24.7 Å². The highest BCUT2D eigenvalue weighted by molar-refractivity contribution is 7.21. The summed E-state index contributed by atoms with van der Waals surface area (Å²) in [4.78, 5) is 25.1. The normalized spacial score (nSPS) is 11.0. The van der Waals surface area contributed by atoms with E-state index in [-0.39, 0.29) is 12.4 Å². The van der Waals surface area contributed by atoms with Gasteiger partial charge in [-0.1, -0.05) is 65.1 Å². The third-order valence-corrected chi connectivity index (χ3v) is 6.67. The number of para-hydroxylation sites is 1. The molecule has 3 aromatic carbocycles. The van der Waals surface area contributed by atoms with Crippen molar-refractivity contribution in [2.45, 2.75) is 0 Å². The first kappa shape index (κ1) is 24.0. The monoisotopic (exact) mass is 532 g/mol. The number of benzene rings is 3. The highest BCUT2D eigenvalue weighted by Gasteiger charge is 2.19. The van der Waals surface area contributed by atoms with Gasteiger partial charge in [0, 0.05) is 20.7 Å². The summed E-state index contributed by atoms with van der Waals surface area (Å²) < 4.78 is 11.8. The number of halogens is 3. The summed E-state index contributed by atoms with van der Waals surface area (Å²) >= 11 is 19.5. The van der Waals surface area contributed by atoms with Crippen LogP contribution in [0.1, 0.15) is 15.2 Å². The minimum Gasteiger partial charge on any atom is -0.482 e. The molecule has 0 atom stereocenters. The van der Waals surface area contributed by atoms with Crippen LogP contribution < -0.4 is 14.9 Å². The highest BCUT2D eigenvalue weighted by atomic mass is 35.5. The molecule has 0 aliphatic rings. The Balaban J connectivity index is 1.39. The van der Waals surface area contributed by atoms with Crippen molar-refractivity contribution in [3.63, 3.8) is 0 Å². The molecular formula is C24H15Cl3N2O4S. The molecule has 4 rings (SSSR count). The predicted molar refractivity (Wildman–Crippen MR) is 136 cm³/mol. The minimum absolute atomic E-state index is 0.267. The molecule has 1 aromatic heterocycles. The lowest BCUT2D eigenvalue weighted by atomic mass is 10.2. The lowest BCUT2D eigenvalue weighted by Gasteiger charge is -2.08. The molecule has 172 valence electrons. The molecule has 0 saturated carbocycles. The Morgan fingerprint density at radius 1 is 0.971 bits per heavy atom. The van der Waals surface area contributed by atoms with Gasteiger partial charge in [-0.3, -0.25) is 4.79 Å². The lowest BCUT2D eigenvalue weighted by molar-refractivity contribution is -0.123. The summed E-state index contributed by atoms with van der Waals surface area (Å²) in [5, 5.41) is 5.80. The summed E-state index contributed by atoms with van der Waals surface area (Å²) in [6.07, 6.45) is 1.36. The fraction of sp³-hybridized carbons (Fsp3) is 0.0417. The van der Waals surface area contributed by atoms with E-state index in [1.165, 1.54) is 23.6 Å². The van der Waals surface area contributed by atoms with Gasteiger partial charge in [-0.05, 0) is 36.4 Å². The Kier molecular flexibility index (Phi) is 7.70. The second-order valence-electron chi connectivity index (χ2n) is 6.83. The van der Waals surface area contributed by atoms with Crippen LogP contribution in [0.5, 0.6) is 11.5 Å². The van der Waals surface area contributed by atoms with Crippen LogP contribution in [0.2, 0.25) is 15.1 Å². The van der Waals surface area contributed by atoms with E-state index < -0.39 is 11.9 Å². The van der Waals surface area contributed by atoms with Gasteiger partial charge in [0.05, 0.1) is 16.3 Å². The first-order chi connectivity index (χ1) is 16.4. The minimum atomic E-state index is -0.579. The Labute approximate surface area is 213 Å². The Morgan fingerprint density at radius 3 is 2.53 bits per heavy atom. The Bertz CT molecular complexity index is 1400. The zero-order chi connectivity index (χ0) is 24.1. The molecular weight excluding hydrogens is 519 g/mol. The van der Waals surface area contributed by atoms with Crippen LogP contribution in [0.15, 0.2) is 71.8 Å². The van der Waals surface area contributed by atoms with Crippen LogP contribution in [0.4, 0.5) is 0 Å². The van der Waals surface area contributed by atoms with Gasteiger partial charge in [0.1, 0.15) is 16.4 Å². The molecule has 0 fully saturated rings. The lowest BCUT2D eigenvalue weighted by Crippen LogP contribution is -2.24. The van der Waals surface area contributed by atoms with Crippen molar-refractivity contribution in [1.82, 2.24) is 5.43 Å². The standard InChI is InChI=1S/C24H15Cl3N2O4S/c25-15-9-10-19(17(26)11-15)32-13-21(30)29-28-12-14-5-1-3-7-18(14)33-24(31)23-22(27)16-6-2-4-8-20(16)34-23/h1-12H,13H2,(H,29,30). The van der Waals surface area contributed by atoms with Crippen molar-refractivity contribution in [3.05, 3.63) is 92.2 Å². The average molecular weight is 534 g/mol. The second-order valence-corrected chi connectivity index (χ2v) is 9.10. The maximum Gasteiger partial charge on any atom is 0.355 e. The number of esters is 1. The van der Waals surface area contributed by atoms with Gasteiger partial charge in [0.15, 0.2) is 6.61 Å². The second kappa shape index (κ2) is 10.9. The fourth-order valence-corrected chi connectivity index (χ4v) is 4.76. The van der Waals surface area contributed by atoms with E-state index in [1.807, 2.05) is 24.3 Å². The highest BCUT2D eigenvalue weighted by Crippen LogP contribution is 2.36. The molecule has 0 aliphatic heterocycles. The van der Waals surface area contributed by atoms with E-state index in [4.69, 9.17) is 44.3 Å². The molecule has 4 aromatic rings. The summed E-state index contributed by atoms with van der Waals surface area (Å²) in [7, 11) is 0. The molecule has 0 radical (unpaired) electrons. The topological polar surface area (TPSA) is 77.0 Å². The summed E-state index contributed by atoms with van der Waals surface area (Å²) in [5.74, 6) is -0.497. The number of hydrogen-bond acceptors (Lipinski definition) is 6. The summed E-state index contributed by atoms with van der Waals surface area (Å²) in [6.45, 7) is -0.306. The molecule has 1 N–H and O–H groups in total. The number of ether oxygens (including phenoxy) is 2. The van der Waals surface area contributed by atoms with Crippen molar-refractivity contribution in [3.8, 4) is 11.5 Å². The molecule has 0 bridgehead atoms. The number of carbonyl (C=O) groups is 2. The van der Waals surface area contributed by atoms with Crippen LogP contribution in [0.3, 0.4) is 0 Å². The number of nitrogens with zero attached hydrogens (tertiary/aromatic N) is 1. The molecule has 34 heavy (non-hydrogen) atoms. The first-order valence-corrected chi connectivity index (χ1v) is 11.8. The molecule has 0 unspecified atom stereocenters. The molecule has 0 aliphatic carbocycles. The van der Waals surface area contributed by atoms with Crippen LogP contribution >= 0.6 is 46.1 Å². The van der Waals surface area contributed by atoms with Gasteiger partial charge in [0.2, 0.25) is 0 Å². The zero-order valence-electron chi connectivity index (χ0n) is 17.3. The van der Waals surface area contributed by atoms with Gasteiger partial charge in [-0.25, -0.2) is 10.2 Å². The maximum absolute atomic E-state index is 12.8. The van der Waals surface area contributed by atoms with E-state index in [2.05, 4.69) is 10.5 Å². The van der Waals surface area contributed by atoms with Crippen LogP contribution in [0, 0.1) is 0 Å². The van der Waals surface area contributed by atoms with E-state index in [0.717, 1.165) is 10.1 Å². The maximum atomic E-state index is 12.8. The average Bonchev–Trinajstić information content (AvgIpc) is 3.16. The first-order valence-electron chi connectivity index (χ1n) is 9.80. The summed E-state index contributed by atoms with van der Waals surface area (Å²) in [6, 6.07) is 18.9. The largest absolute Gasteiger partial charge is 0.482 e. The number of carbonyl (C=O) groups excluding carboxylic acids is 2. The Morgan fingerprint density at radius 2 is 1.74 bits per heavy atom. The van der Waals surface area contributed by atoms with Gasteiger partial charge in [0.25, 0.3) is 5.91 Å². The number of hydrogen-bond donors (Lipinski definition) is 1. The van der Waals surface area contributed by atoms with E-state index in [1.54, 1.807) is 36.4 Å². The van der Waals surface area contributed by atoms with Gasteiger partial charge >= 0.3 is 5.97 Å². The van der Waals surface area contributed by atoms with E-state index in [9.17, 15) is 9.59 Å². The van der Waals surface area contributed by atoms with Gasteiger partial charge in [-0.2, -0.15) is 5.10 Å². The van der Waals surface area contributed by atoms with Crippen LogP contribution in [-0.2, 0) is 4.79 Å². The van der Waals surface area contributed by atoms with Crippen molar-refractivity contribution in [2.75, 3.05) is 6.61 Å². The number of amides is 1. The molecule has 1 amide bonds. The SMILES string of the molecule is O=C(COc1ccc(Cl)cc1Cl)NN=Cc1ccccc1OC(=O)c1sc2ccccc2c1Cl.